The first-order chi connectivity index (χ1) is 17.2. The summed E-state index contributed by atoms with van der Waals surface area (Å²) in [6, 6.07) is 38.6. The lowest BCUT2D eigenvalue weighted by molar-refractivity contribution is 0.0697. The lowest BCUT2D eigenvalue weighted by atomic mass is 9.93. The Bertz CT molecular complexity index is 1690. The lowest BCUT2D eigenvalue weighted by Gasteiger charge is -2.11. The van der Waals surface area contributed by atoms with Gasteiger partial charge in [-0.3, -0.25) is 0 Å². The van der Waals surface area contributed by atoms with Crippen LogP contribution in [0.4, 0.5) is 0 Å². The van der Waals surface area contributed by atoms with Crippen LogP contribution in [-0.2, 0) is 6.54 Å². The first-order valence-electron chi connectivity index (χ1n) is 11.7. The van der Waals surface area contributed by atoms with E-state index in [4.69, 9.17) is 0 Å². The van der Waals surface area contributed by atoms with Gasteiger partial charge in [-0.1, -0.05) is 103 Å². The van der Waals surface area contributed by atoms with Crippen LogP contribution in [0.2, 0.25) is 0 Å². The second-order valence-electron chi connectivity index (χ2n) is 8.73. The summed E-state index contributed by atoms with van der Waals surface area (Å²) in [4.78, 5) is 12.1. The highest BCUT2D eigenvalue weighted by Crippen LogP contribution is 2.39. The third-order valence-corrected chi connectivity index (χ3v) is 6.66. The number of carboxylic acid groups (broad SMARTS) is 1. The predicted molar refractivity (Wildman–Crippen MR) is 143 cm³/mol. The summed E-state index contributed by atoms with van der Waals surface area (Å²) in [5, 5.41) is 13.4. The molecule has 0 bridgehead atoms. The van der Waals surface area contributed by atoms with E-state index in [9.17, 15) is 9.90 Å². The molecule has 0 unspecified atom stereocenters. The first kappa shape index (κ1) is 20.9. The maximum absolute atomic E-state index is 12.1. The molecule has 0 atom stereocenters. The molecule has 0 saturated carbocycles. The lowest BCUT2D eigenvalue weighted by Crippen LogP contribution is -2.00. The Kier molecular flexibility index (Phi) is 5.16. The summed E-state index contributed by atoms with van der Waals surface area (Å²) in [5.74, 6) is -0.922. The van der Waals surface area contributed by atoms with Gasteiger partial charge in [0.25, 0.3) is 0 Å². The average Bonchev–Trinajstić information content (AvgIpc) is 3.28. The fraction of sp³-hybridized carbons (Fsp3) is 0.0312. The summed E-state index contributed by atoms with van der Waals surface area (Å²) < 4.78 is 2.28. The van der Waals surface area contributed by atoms with E-state index in [1.165, 1.54) is 16.3 Å². The van der Waals surface area contributed by atoms with Crippen LogP contribution in [0.15, 0.2) is 121 Å². The molecule has 35 heavy (non-hydrogen) atoms. The van der Waals surface area contributed by atoms with Crippen LogP contribution in [0.3, 0.4) is 0 Å². The maximum Gasteiger partial charge on any atom is 0.336 e. The smallest absolute Gasteiger partial charge is 0.336 e. The van der Waals surface area contributed by atoms with Crippen molar-refractivity contribution in [3.63, 3.8) is 0 Å². The molecule has 0 spiro atoms. The normalized spacial score (nSPS) is 11.2. The maximum atomic E-state index is 12.1. The van der Waals surface area contributed by atoms with Crippen LogP contribution in [0.25, 0.3) is 43.9 Å². The van der Waals surface area contributed by atoms with E-state index in [0.717, 1.165) is 33.2 Å². The van der Waals surface area contributed by atoms with Crippen LogP contribution in [0.1, 0.15) is 15.9 Å². The van der Waals surface area contributed by atoms with Crippen molar-refractivity contribution in [2.24, 2.45) is 0 Å². The van der Waals surface area contributed by atoms with Gasteiger partial charge in [-0.2, -0.15) is 0 Å². The van der Waals surface area contributed by atoms with Crippen molar-refractivity contribution in [2.45, 2.75) is 6.54 Å². The Labute approximate surface area is 203 Å². The van der Waals surface area contributed by atoms with Crippen LogP contribution < -0.4 is 0 Å². The standard InChI is InChI=1S/C32H23NO2/c34-32(35)28-17-7-6-16-26(28)27-18-9-19-30-31(27)29(23-10-2-1-3-11-23)21-33(30)20-24-14-8-13-22-12-4-5-15-25(22)24/h1-19,21H,20H2,(H,34,35). The zero-order chi connectivity index (χ0) is 23.8. The van der Waals surface area contributed by atoms with E-state index in [-0.39, 0.29) is 0 Å². The van der Waals surface area contributed by atoms with E-state index in [2.05, 4.69) is 71.4 Å². The number of nitrogens with zero attached hydrogens (tertiary/aromatic N) is 1. The molecule has 1 aromatic heterocycles. The second kappa shape index (κ2) is 8.62. The van der Waals surface area contributed by atoms with E-state index in [1.807, 2.05) is 42.5 Å². The molecule has 6 aromatic rings. The second-order valence-corrected chi connectivity index (χ2v) is 8.73. The molecule has 0 saturated heterocycles. The number of fused-ring (bicyclic) bond motifs is 2. The third kappa shape index (κ3) is 3.68. The Morgan fingerprint density at radius 1 is 0.657 bits per heavy atom. The van der Waals surface area contributed by atoms with Gasteiger partial charge in [0.2, 0.25) is 0 Å². The molecule has 0 aliphatic heterocycles. The molecular weight excluding hydrogens is 430 g/mol. The van der Waals surface area contributed by atoms with Gasteiger partial charge < -0.3 is 9.67 Å². The molecule has 0 amide bonds. The van der Waals surface area contributed by atoms with E-state index >= 15 is 0 Å². The highest BCUT2D eigenvalue weighted by Gasteiger charge is 2.19. The molecule has 168 valence electrons. The van der Waals surface area contributed by atoms with E-state index < -0.39 is 5.97 Å². The molecule has 5 aromatic carbocycles. The zero-order valence-corrected chi connectivity index (χ0v) is 19.1. The number of aromatic carboxylic acids is 1. The number of carboxylic acids is 1. The van der Waals surface area contributed by atoms with Gasteiger partial charge >= 0.3 is 5.97 Å². The van der Waals surface area contributed by atoms with Crippen molar-refractivity contribution in [1.82, 2.24) is 4.57 Å². The Balaban J connectivity index is 1.62. The number of rotatable bonds is 5. The molecule has 0 aliphatic rings. The van der Waals surface area contributed by atoms with Gasteiger partial charge in [-0.25, -0.2) is 4.79 Å². The van der Waals surface area contributed by atoms with Gasteiger partial charge in [-0.15, -0.1) is 0 Å². The van der Waals surface area contributed by atoms with Crippen LogP contribution in [-0.4, -0.2) is 15.6 Å². The Morgan fingerprint density at radius 3 is 2.20 bits per heavy atom. The number of benzene rings is 5. The van der Waals surface area contributed by atoms with E-state index in [0.29, 0.717) is 12.1 Å². The highest BCUT2D eigenvalue weighted by molar-refractivity contribution is 6.09. The minimum atomic E-state index is -0.922. The average molecular weight is 454 g/mol. The van der Waals surface area contributed by atoms with Crippen molar-refractivity contribution in [2.75, 3.05) is 0 Å². The summed E-state index contributed by atoms with van der Waals surface area (Å²) >= 11 is 0. The number of hydrogen-bond acceptors (Lipinski definition) is 1. The minimum absolute atomic E-state index is 0.306. The van der Waals surface area contributed by atoms with Gasteiger partial charge in [0.15, 0.2) is 0 Å². The van der Waals surface area contributed by atoms with Crippen molar-refractivity contribution >= 4 is 27.6 Å². The summed E-state index contributed by atoms with van der Waals surface area (Å²) in [7, 11) is 0. The van der Waals surface area contributed by atoms with Gasteiger partial charge in [-0.05, 0) is 45.2 Å². The fourth-order valence-corrected chi connectivity index (χ4v) is 5.06. The number of hydrogen-bond donors (Lipinski definition) is 1. The SMILES string of the molecule is O=C(O)c1ccccc1-c1cccc2c1c(-c1ccccc1)cn2Cc1cccc2ccccc12. The first-order valence-corrected chi connectivity index (χ1v) is 11.7. The molecule has 6 rings (SSSR count). The van der Waals surface area contributed by atoms with Gasteiger partial charge in [0, 0.05) is 29.2 Å². The number of aromatic nitrogens is 1. The fourth-order valence-electron chi connectivity index (χ4n) is 5.06. The topological polar surface area (TPSA) is 42.2 Å². The molecule has 1 N–H and O–H groups in total. The largest absolute Gasteiger partial charge is 0.478 e. The van der Waals surface area contributed by atoms with Crippen LogP contribution >= 0.6 is 0 Å². The Hall–Kier alpha value is -4.63. The van der Waals surface area contributed by atoms with Crippen LogP contribution in [0, 0.1) is 0 Å². The minimum Gasteiger partial charge on any atom is -0.478 e. The molecule has 1 heterocycles. The molecule has 0 fully saturated rings. The quantitative estimate of drug-likeness (QED) is 0.288. The van der Waals surface area contributed by atoms with Gasteiger partial charge in [0.1, 0.15) is 0 Å². The predicted octanol–water partition coefficient (Wildman–Crippen LogP) is 7.88. The monoisotopic (exact) mass is 453 g/mol. The third-order valence-electron chi connectivity index (χ3n) is 6.66. The van der Waals surface area contributed by atoms with Crippen LogP contribution in [0.5, 0.6) is 0 Å². The summed E-state index contributed by atoms with van der Waals surface area (Å²) in [5.41, 5.74) is 6.49. The highest BCUT2D eigenvalue weighted by atomic mass is 16.4. The van der Waals surface area contributed by atoms with E-state index in [1.54, 1.807) is 12.1 Å². The zero-order valence-electron chi connectivity index (χ0n) is 19.1. The molecular formula is C32H23NO2. The summed E-state index contributed by atoms with van der Waals surface area (Å²) in [6.45, 7) is 0.717. The van der Waals surface area contributed by atoms with Crippen molar-refractivity contribution < 1.29 is 9.90 Å². The van der Waals surface area contributed by atoms with Crippen molar-refractivity contribution in [3.05, 3.63) is 133 Å². The van der Waals surface area contributed by atoms with Gasteiger partial charge in [0.05, 0.1) is 5.56 Å². The Morgan fingerprint density at radius 2 is 1.34 bits per heavy atom. The molecule has 3 nitrogen and oxygen atoms in total. The van der Waals surface area contributed by atoms with Crippen molar-refractivity contribution in [3.8, 4) is 22.3 Å². The summed E-state index contributed by atoms with van der Waals surface area (Å²) in [6.07, 6.45) is 2.20. The molecule has 0 aliphatic carbocycles. The molecule has 3 heteroatoms. The number of carbonyl (C=O) groups is 1. The van der Waals surface area contributed by atoms with Crippen molar-refractivity contribution in [1.29, 1.82) is 0 Å². The molecule has 0 radical (unpaired) electrons.